The second kappa shape index (κ2) is 5.71. The van der Waals surface area contributed by atoms with E-state index in [0.717, 1.165) is 10.9 Å². The van der Waals surface area contributed by atoms with Crippen molar-refractivity contribution in [3.05, 3.63) is 66.6 Å². The molecule has 0 radical (unpaired) electrons. The predicted octanol–water partition coefficient (Wildman–Crippen LogP) is 2.69. The lowest BCUT2D eigenvalue weighted by atomic mass is 10.1. The first-order valence-corrected chi connectivity index (χ1v) is 6.83. The number of carbonyl (C=O) groups excluding carboxylic acids is 1. The molecule has 1 aromatic carbocycles. The Labute approximate surface area is 122 Å². The van der Waals surface area contributed by atoms with Crippen LogP contribution in [-0.4, -0.2) is 17.6 Å². The fraction of sp³-hybridized carbons (Fsp3) is 0.118. The monoisotopic (exact) mass is 279 g/mol. The Kier molecular flexibility index (Phi) is 3.60. The Morgan fingerprint density at radius 1 is 1.14 bits per heavy atom. The zero-order valence-corrected chi connectivity index (χ0v) is 11.7. The summed E-state index contributed by atoms with van der Waals surface area (Å²) in [6.45, 7) is 2.11. The van der Waals surface area contributed by atoms with Gasteiger partial charge in [-0.15, -0.1) is 0 Å². The van der Waals surface area contributed by atoms with E-state index in [0.29, 0.717) is 18.0 Å². The number of nitrogens with zero attached hydrogens (tertiary/aromatic N) is 2. The number of esters is 1. The Morgan fingerprint density at radius 3 is 2.67 bits per heavy atom. The van der Waals surface area contributed by atoms with Crippen LogP contribution < -0.4 is 4.57 Å². The van der Waals surface area contributed by atoms with Gasteiger partial charge in [0.25, 0.3) is 0 Å². The van der Waals surface area contributed by atoms with Crippen LogP contribution in [0.25, 0.3) is 16.6 Å². The van der Waals surface area contributed by atoms with Gasteiger partial charge in [0.2, 0.25) is 11.4 Å². The fourth-order valence-corrected chi connectivity index (χ4v) is 2.21. The highest BCUT2D eigenvalue weighted by Crippen LogP contribution is 2.17. The molecule has 104 valence electrons. The number of carbonyl (C=O) groups is 1. The van der Waals surface area contributed by atoms with E-state index in [1.54, 1.807) is 6.92 Å². The standard InChI is InChI=1S/C17H15N2O2/c1-2-21-17(20)16-15(19-10-6-3-7-11-19)12-13-8-4-5-9-14(13)18-16/h3-12H,2H2,1H3/q+1. The lowest BCUT2D eigenvalue weighted by molar-refractivity contribution is -0.596. The van der Waals surface area contributed by atoms with Gasteiger partial charge >= 0.3 is 5.97 Å². The highest BCUT2D eigenvalue weighted by Gasteiger charge is 2.22. The van der Waals surface area contributed by atoms with Crippen molar-refractivity contribution in [1.29, 1.82) is 0 Å². The second-order valence-corrected chi connectivity index (χ2v) is 4.55. The van der Waals surface area contributed by atoms with E-state index in [1.165, 1.54) is 0 Å². The topological polar surface area (TPSA) is 43.1 Å². The van der Waals surface area contributed by atoms with Crippen LogP contribution in [-0.2, 0) is 4.74 Å². The Balaban J connectivity index is 2.24. The number of hydrogen-bond donors (Lipinski definition) is 0. The molecule has 3 aromatic rings. The minimum atomic E-state index is -0.408. The summed E-state index contributed by atoms with van der Waals surface area (Å²) in [4.78, 5) is 16.7. The van der Waals surface area contributed by atoms with Gasteiger partial charge in [0, 0.05) is 23.6 Å². The minimum absolute atomic E-state index is 0.326. The smallest absolute Gasteiger partial charge is 0.363 e. The van der Waals surface area contributed by atoms with Gasteiger partial charge < -0.3 is 4.74 Å². The third-order valence-electron chi connectivity index (χ3n) is 3.17. The maximum Gasteiger partial charge on any atom is 0.363 e. The molecule has 0 N–H and O–H groups in total. The molecule has 0 aliphatic carbocycles. The van der Waals surface area contributed by atoms with Crippen LogP contribution in [0.3, 0.4) is 0 Å². The summed E-state index contributed by atoms with van der Waals surface area (Å²) in [6.07, 6.45) is 3.77. The van der Waals surface area contributed by atoms with E-state index in [-0.39, 0.29) is 0 Å². The van der Waals surface area contributed by atoms with Crippen molar-refractivity contribution >= 4 is 16.9 Å². The molecule has 4 nitrogen and oxygen atoms in total. The van der Waals surface area contributed by atoms with Gasteiger partial charge in [0.1, 0.15) is 0 Å². The molecule has 0 amide bonds. The summed E-state index contributed by atoms with van der Waals surface area (Å²) in [6, 6.07) is 15.4. The van der Waals surface area contributed by atoms with Gasteiger partial charge in [0.05, 0.1) is 12.1 Å². The molecule has 3 rings (SSSR count). The molecule has 0 atom stereocenters. The highest BCUT2D eigenvalue weighted by molar-refractivity contribution is 5.94. The first-order chi connectivity index (χ1) is 10.3. The van der Waals surface area contributed by atoms with E-state index in [1.807, 2.05) is 65.5 Å². The second-order valence-electron chi connectivity index (χ2n) is 4.55. The van der Waals surface area contributed by atoms with Crippen molar-refractivity contribution < 1.29 is 14.1 Å². The Hall–Kier alpha value is -2.75. The zero-order valence-electron chi connectivity index (χ0n) is 11.7. The lowest BCUT2D eigenvalue weighted by Gasteiger charge is -2.06. The van der Waals surface area contributed by atoms with Crippen LogP contribution in [0.1, 0.15) is 17.4 Å². The number of hydrogen-bond acceptors (Lipinski definition) is 3. The van der Waals surface area contributed by atoms with E-state index >= 15 is 0 Å². The normalized spacial score (nSPS) is 10.5. The van der Waals surface area contributed by atoms with Gasteiger partial charge in [-0.1, -0.05) is 24.3 Å². The summed E-state index contributed by atoms with van der Waals surface area (Å²) in [7, 11) is 0. The molecule has 0 saturated carbocycles. The van der Waals surface area contributed by atoms with E-state index in [2.05, 4.69) is 4.98 Å². The lowest BCUT2D eigenvalue weighted by Crippen LogP contribution is -2.32. The van der Waals surface area contributed by atoms with Crippen molar-refractivity contribution in [2.24, 2.45) is 0 Å². The Bertz CT molecular complexity index is 785. The van der Waals surface area contributed by atoms with E-state index in [9.17, 15) is 4.79 Å². The SMILES string of the molecule is CCOC(=O)c1nc2ccccc2cc1-[n+]1ccccc1. The van der Waals surface area contributed by atoms with Gasteiger partial charge in [-0.25, -0.2) is 9.78 Å². The number of rotatable bonds is 3. The van der Waals surface area contributed by atoms with Crippen LogP contribution in [0.2, 0.25) is 0 Å². The third-order valence-corrected chi connectivity index (χ3v) is 3.17. The molecule has 0 aliphatic rings. The molecule has 2 aromatic heterocycles. The number of para-hydroxylation sites is 1. The fourth-order valence-electron chi connectivity index (χ4n) is 2.21. The molecule has 0 spiro atoms. The summed E-state index contributed by atoms with van der Waals surface area (Å²) >= 11 is 0. The van der Waals surface area contributed by atoms with Gasteiger partial charge in [0.15, 0.2) is 12.4 Å². The molecule has 0 unspecified atom stereocenters. The molecule has 0 bridgehead atoms. The minimum Gasteiger partial charge on any atom is -0.461 e. The Morgan fingerprint density at radius 2 is 1.90 bits per heavy atom. The highest BCUT2D eigenvalue weighted by atomic mass is 16.5. The van der Waals surface area contributed by atoms with Gasteiger partial charge in [-0.2, -0.15) is 4.57 Å². The van der Waals surface area contributed by atoms with Crippen LogP contribution in [0, 0.1) is 0 Å². The molecule has 4 heteroatoms. The predicted molar refractivity (Wildman–Crippen MR) is 79.2 cm³/mol. The molecular formula is C17H15N2O2+. The molecular weight excluding hydrogens is 264 g/mol. The molecule has 0 saturated heterocycles. The van der Waals surface area contributed by atoms with Crippen molar-refractivity contribution in [2.75, 3.05) is 6.61 Å². The van der Waals surface area contributed by atoms with Crippen LogP contribution >= 0.6 is 0 Å². The summed E-state index contributed by atoms with van der Waals surface area (Å²) in [5.41, 5.74) is 1.82. The van der Waals surface area contributed by atoms with E-state index < -0.39 is 5.97 Å². The quantitative estimate of drug-likeness (QED) is 0.547. The zero-order chi connectivity index (χ0) is 14.7. The molecule has 0 fully saturated rings. The van der Waals surface area contributed by atoms with Crippen LogP contribution in [0.15, 0.2) is 60.9 Å². The summed E-state index contributed by atoms with van der Waals surface area (Å²) < 4.78 is 6.99. The van der Waals surface area contributed by atoms with Crippen molar-refractivity contribution in [3.8, 4) is 5.69 Å². The number of benzene rings is 1. The van der Waals surface area contributed by atoms with Crippen molar-refractivity contribution in [2.45, 2.75) is 6.92 Å². The van der Waals surface area contributed by atoms with E-state index in [4.69, 9.17) is 4.74 Å². The number of aromatic nitrogens is 2. The first kappa shape index (κ1) is 13.2. The average molecular weight is 279 g/mol. The summed E-state index contributed by atoms with van der Waals surface area (Å²) in [5.74, 6) is -0.408. The van der Waals surface area contributed by atoms with Crippen LogP contribution in [0.4, 0.5) is 0 Å². The first-order valence-electron chi connectivity index (χ1n) is 6.83. The third kappa shape index (κ3) is 2.60. The van der Waals surface area contributed by atoms with Crippen LogP contribution in [0.5, 0.6) is 0 Å². The summed E-state index contributed by atoms with van der Waals surface area (Å²) in [5, 5.41) is 0.983. The average Bonchev–Trinajstić information content (AvgIpc) is 2.54. The molecule has 21 heavy (non-hydrogen) atoms. The molecule has 0 aliphatic heterocycles. The maximum absolute atomic E-state index is 12.2. The van der Waals surface area contributed by atoms with Crippen molar-refractivity contribution in [1.82, 2.24) is 4.98 Å². The van der Waals surface area contributed by atoms with Crippen molar-refractivity contribution in [3.63, 3.8) is 0 Å². The van der Waals surface area contributed by atoms with Gasteiger partial charge in [-0.05, 0) is 13.0 Å². The molecule has 2 heterocycles. The number of pyridine rings is 2. The largest absolute Gasteiger partial charge is 0.461 e. The van der Waals surface area contributed by atoms with Gasteiger partial charge in [-0.3, -0.25) is 0 Å². The maximum atomic E-state index is 12.2. The number of fused-ring (bicyclic) bond motifs is 1. The number of ether oxygens (including phenoxy) is 1.